The van der Waals surface area contributed by atoms with Gasteiger partial charge in [0.25, 0.3) is 0 Å². The number of likely N-dealkylation sites (N-methyl/N-ethyl adjacent to an activating group) is 2. The third-order valence-corrected chi connectivity index (χ3v) is 4.45. The van der Waals surface area contributed by atoms with Crippen molar-refractivity contribution in [1.82, 2.24) is 14.8 Å². The maximum absolute atomic E-state index is 11.6. The van der Waals surface area contributed by atoms with Crippen LogP contribution in [-0.2, 0) is 0 Å². The van der Waals surface area contributed by atoms with Crippen LogP contribution in [0, 0.1) is 5.41 Å². The van der Waals surface area contributed by atoms with Crippen LogP contribution in [0.25, 0.3) is 10.9 Å². The molecule has 0 bridgehead atoms. The van der Waals surface area contributed by atoms with Gasteiger partial charge < -0.3 is 19.9 Å². The number of hydrogen-bond donors (Lipinski definition) is 3. The molecule has 1 atom stereocenters. The van der Waals surface area contributed by atoms with E-state index in [4.69, 9.17) is 5.41 Å². The minimum Gasteiger partial charge on any atom is -0.477 e. The van der Waals surface area contributed by atoms with E-state index in [1.807, 2.05) is 37.2 Å². The third kappa shape index (κ3) is 2.08. The Morgan fingerprint density at radius 2 is 2.19 bits per heavy atom. The fourth-order valence-electron chi connectivity index (χ4n) is 2.87. The van der Waals surface area contributed by atoms with Crippen LogP contribution in [0.1, 0.15) is 22.1 Å². The van der Waals surface area contributed by atoms with E-state index in [0.29, 0.717) is 12.5 Å². The van der Waals surface area contributed by atoms with Gasteiger partial charge in [-0.3, -0.25) is 5.41 Å². The Morgan fingerprint density at radius 3 is 2.76 bits per heavy atom. The van der Waals surface area contributed by atoms with Crippen LogP contribution in [0.15, 0.2) is 22.7 Å². The molecular weight excluding hydrogens is 336 g/mol. The number of carbonyl (C=O) groups is 1. The number of halogens is 1. The highest BCUT2D eigenvalue weighted by atomic mass is 79.9. The van der Waals surface area contributed by atoms with Gasteiger partial charge in [0, 0.05) is 41.6 Å². The quantitative estimate of drug-likeness (QED) is 0.776. The highest BCUT2D eigenvalue weighted by Gasteiger charge is 2.35. The van der Waals surface area contributed by atoms with Crippen molar-refractivity contribution in [3.05, 3.63) is 33.9 Å². The summed E-state index contributed by atoms with van der Waals surface area (Å²) in [5.41, 5.74) is 1.72. The van der Waals surface area contributed by atoms with Gasteiger partial charge in [0.1, 0.15) is 5.69 Å². The number of H-pyrrole nitrogens is 1. The van der Waals surface area contributed by atoms with Gasteiger partial charge in [-0.2, -0.15) is 0 Å². The number of aromatic carboxylic acids is 1. The molecule has 2 aromatic rings. The predicted octanol–water partition coefficient (Wildman–Crippen LogP) is 2.48. The molecule has 0 aliphatic carbocycles. The molecule has 1 aromatic carbocycles. The van der Waals surface area contributed by atoms with Gasteiger partial charge in [0.2, 0.25) is 0 Å². The first-order chi connectivity index (χ1) is 9.90. The van der Waals surface area contributed by atoms with Crippen molar-refractivity contribution < 1.29 is 9.90 Å². The molecule has 0 unspecified atom stereocenters. The number of nitrogens with one attached hydrogen (secondary N) is 2. The normalized spacial score (nSPS) is 18.8. The molecule has 1 aliphatic rings. The number of carboxylic acid groups (broad SMARTS) is 1. The van der Waals surface area contributed by atoms with E-state index in [1.165, 1.54) is 0 Å². The number of hydrogen-bond acceptors (Lipinski definition) is 2. The number of benzene rings is 1. The topological polar surface area (TPSA) is 83.4 Å². The molecule has 0 amide bonds. The van der Waals surface area contributed by atoms with Crippen molar-refractivity contribution in [1.29, 1.82) is 5.41 Å². The van der Waals surface area contributed by atoms with Gasteiger partial charge in [0.15, 0.2) is 5.96 Å². The molecule has 2 heterocycles. The summed E-state index contributed by atoms with van der Waals surface area (Å²) in [5, 5.41) is 18.4. The van der Waals surface area contributed by atoms with Gasteiger partial charge in [-0.25, -0.2) is 4.79 Å². The zero-order valence-corrected chi connectivity index (χ0v) is 13.2. The highest BCUT2D eigenvalue weighted by molar-refractivity contribution is 9.10. The summed E-state index contributed by atoms with van der Waals surface area (Å²) in [7, 11) is 3.66. The SMILES string of the molecule is CN1C[C@@H](c2c(C(=O)O)[nH]c3ccc(Br)cc23)N(C)C1=N. The first-order valence-corrected chi connectivity index (χ1v) is 7.26. The lowest BCUT2D eigenvalue weighted by Crippen LogP contribution is -2.27. The number of aromatic nitrogens is 1. The van der Waals surface area contributed by atoms with Gasteiger partial charge in [-0.05, 0) is 18.2 Å². The number of rotatable bonds is 2. The van der Waals surface area contributed by atoms with Crippen LogP contribution in [0.5, 0.6) is 0 Å². The average Bonchev–Trinajstić information content (AvgIpc) is 2.91. The number of aromatic amines is 1. The fraction of sp³-hybridized carbons (Fsp3) is 0.286. The Morgan fingerprint density at radius 1 is 1.48 bits per heavy atom. The summed E-state index contributed by atoms with van der Waals surface area (Å²) >= 11 is 3.43. The van der Waals surface area contributed by atoms with Crippen molar-refractivity contribution in [2.75, 3.05) is 20.6 Å². The second-order valence-electron chi connectivity index (χ2n) is 5.24. The minimum absolute atomic E-state index is 0.156. The van der Waals surface area contributed by atoms with Crippen LogP contribution in [0.4, 0.5) is 0 Å². The zero-order valence-electron chi connectivity index (χ0n) is 11.6. The van der Waals surface area contributed by atoms with E-state index in [9.17, 15) is 9.90 Å². The molecule has 0 radical (unpaired) electrons. The predicted molar refractivity (Wildman–Crippen MR) is 83.8 cm³/mol. The lowest BCUT2D eigenvalue weighted by atomic mass is 10.0. The van der Waals surface area contributed by atoms with Gasteiger partial charge >= 0.3 is 5.97 Å². The van der Waals surface area contributed by atoms with E-state index in [1.54, 1.807) is 4.90 Å². The summed E-state index contributed by atoms with van der Waals surface area (Å²) in [6, 6.07) is 5.50. The Bertz CT molecular complexity index is 755. The average molecular weight is 351 g/mol. The van der Waals surface area contributed by atoms with E-state index >= 15 is 0 Å². The zero-order chi connectivity index (χ0) is 15.3. The van der Waals surface area contributed by atoms with Crippen molar-refractivity contribution in [3.8, 4) is 0 Å². The summed E-state index contributed by atoms with van der Waals surface area (Å²) in [6.07, 6.45) is 0. The minimum atomic E-state index is -0.980. The second kappa shape index (κ2) is 4.77. The van der Waals surface area contributed by atoms with E-state index in [0.717, 1.165) is 20.9 Å². The van der Waals surface area contributed by atoms with E-state index < -0.39 is 5.97 Å². The molecule has 0 saturated carbocycles. The fourth-order valence-corrected chi connectivity index (χ4v) is 3.23. The van der Waals surface area contributed by atoms with E-state index in [-0.39, 0.29) is 11.7 Å². The van der Waals surface area contributed by atoms with Gasteiger partial charge in [-0.1, -0.05) is 15.9 Å². The Kier molecular flexibility index (Phi) is 3.16. The number of fused-ring (bicyclic) bond motifs is 1. The van der Waals surface area contributed by atoms with Gasteiger partial charge in [-0.15, -0.1) is 0 Å². The maximum atomic E-state index is 11.6. The van der Waals surface area contributed by atoms with E-state index in [2.05, 4.69) is 20.9 Å². The summed E-state index contributed by atoms with van der Waals surface area (Å²) in [5.74, 6) is -0.590. The largest absolute Gasteiger partial charge is 0.477 e. The van der Waals surface area contributed by atoms with Crippen molar-refractivity contribution >= 4 is 38.8 Å². The molecular formula is C14H15BrN4O2. The molecule has 7 heteroatoms. The Labute approximate surface area is 130 Å². The molecule has 6 nitrogen and oxygen atoms in total. The van der Waals surface area contributed by atoms with Gasteiger partial charge in [0.05, 0.1) is 6.04 Å². The van der Waals surface area contributed by atoms with Crippen molar-refractivity contribution in [2.24, 2.45) is 0 Å². The highest BCUT2D eigenvalue weighted by Crippen LogP contribution is 2.36. The molecule has 0 spiro atoms. The van der Waals surface area contributed by atoms with Crippen LogP contribution < -0.4 is 0 Å². The summed E-state index contributed by atoms with van der Waals surface area (Å²) in [6.45, 7) is 0.592. The van der Waals surface area contributed by atoms with Crippen molar-refractivity contribution in [2.45, 2.75) is 6.04 Å². The second-order valence-corrected chi connectivity index (χ2v) is 6.16. The molecule has 1 fully saturated rings. The maximum Gasteiger partial charge on any atom is 0.352 e. The monoisotopic (exact) mass is 350 g/mol. The molecule has 1 saturated heterocycles. The standard InChI is InChI=1S/C14H15BrN4O2/c1-18-6-10(19(2)14(18)16)11-8-5-7(15)3-4-9(8)17-12(11)13(20)21/h3-5,10,16-17H,6H2,1-2H3,(H,20,21)/t10-/m0/s1. The lowest BCUT2D eigenvalue weighted by molar-refractivity contribution is 0.0689. The van der Waals surface area contributed by atoms with Crippen molar-refractivity contribution in [3.63, 3.8) is 0 Å². The molecule has 21 heavy (non-hydrogen) atoms. The summed E-state index contributed by atoms with van der Waals surface area (Å²) in [4.78, 5) is 18.2. The molecule has 3 rings (SSSR count). The first-order valence-electron chi connectivity index (χ1n) is 6.47. The summed E-state index contributed by atoms with van der Waals surface area (Å²) < 4.78 is 0.899. The molecule has 1 aliphatic heterocycles. The van der Waals surface area contributed by atoms with Crippen LogP contribution in [0.3, 0.4) is 0 Å². The smallest absolute Gasteiger partial charge is 0.352 e. The Balaban J connectivity index is 2.25. The first kappa shape index (κ1) is 13.9. The lowest BCUT2D eigenvalue weighted by Gasteiger charge is -2.20. The molecule has 1 aromatic heterocycles. The van der Waals surface area contributed by atoms with Crippen LogP contribution in [0.2, 0.25) is 0 Å². The Hall–Kier alpha value is -2.02. The number of guanidine groups is 1. The molecule has 3 N–H and O–H groups in total. The third-order valence-electron chi connectivity index (χ3n) is 3.96. The number of nitrogens with zero attached hydrogens (tertiary/aromatic N) is 2. The van der Waals surface area contributed by atoms with Crippen LogP contribution >= 0.6 is 15.9 Å². The molecule has 110 valence electrons. The number of carboxylic acids is 1. The van der Waals surface area contributed by atoms with Crippen LogP contribution in [-0.4, -0.2) is 52.5 Å².